The van der Waals surface area contributed by atoms with Crippen LogP contribution in [0.25, 0.3) is 11.1 Å². The van der Waals surface area contributed by atoms with E-state index in [1.54, 1.807) is 12.1 Å². The Hall–Kier alpha value is -3.36. The van der Waals surface area contributed by atoms with Gasteiger partial charge in [0.2, 0.25) is 5.91 Å². The molecule has 2 amide bonds. The first kappa shape index (κ1) is 19.9. The van der Waals surface area contributed by atoms with Gasteiger partial charge < -0.3 is 15.3 Å². The molecule has 1 aliphatic heterocycles. The monoisotopic (exact) mass is 418 g/mol. The van der Waals surface area contributed by atoms with Crippen LogP contribution < -0.4 is 5.32 Å². The lowest BCUT2D eigenvalue weighted by molar-refractivity contribution is -0.147. The maximum Gasteiger partial charge on any atom is 0.326 e. The SMILES string of the molecule is O=C(NCC(=O)N1C[C@H](F)C[C@H]1C(=O)O)c1ccc2c(c1)-c1ccccc1C2(F)F. The molecule has 2 aliphatic rings. The molecule has 0 spiro atoms. The summed E-state index contributed by atoms with van der Waals surface area (Å²) < 4.78 is 42.7. The van der Waals surface area contributed by atoms with Gasteiger partial charge in [0.15, 0.2) is 0 Å². The molecule has 0 aromatic heterocycles. The van der Waals surface area contributed by atoms with Gasteiger partial charge in [0.1, 0.15) is 12.2 Å². The number of carboxylic acid groups (broad SMARTS) is 1. The lowest BCUT2D eigenvalue weighted by Gasteiger charge is -2.21. The minimum absolute atomic E-state index is 0.0774. The van der Waals surface area contributed by atoms with Gasteiger partial charge in [-0.05, 0) is 23.3 Å². The smallest absolute Gasteiger partial charge is 0.326 e. The van der Waals surface area contributed by atoms with Gasteiger partial charge in [0, 0.05) is 23.1 Å². The highest BCUT2D eigenvalue weighted by Gasteiger charge is 2.44. The molecule has 9 heteroatoms. The number of rotatable bonds is 4. The summed E-state index contributed by atoms with van der Waals surface area (Å²) in [6, 6.07) is 8.51. The van der Waals surface area contributed by atoms with E-state index in [1.165, 1.54) is 30.3 Å². The molecule has 2 N–H and O–H groups in total. The van der Waals surface area contributed by atoms with E-state index in [0.29, 0.717) is 5.56 Å². The summed E-state index contributed by atoms with van der Waals surface area (Å²) in [5.74, 6) is -5.88. The molecule has 0 radical (unpaired) electrons. The average molecular weight is 418 g/mol. The topological polar surface area (TPSA) is 86.7 Å². The molecule has 1 fully saturated rings. The second kappa shape index (κ2) is 7.16. The van der Waals surface area contributed by atoms with Crippen LogP contribution in [0.2, 0.25) is 0 Å². The number of likely N-dealkylation sites (tertiary alicyclic amines) is 1. The van der Waals surface area contributed by atoms with Crippen molar-refractivity contribution < 1.29 is 32.7 Å². The summed E-state index contributed by atoms with van der Waals surface area (Å²) in [7, 11) is 0. The largest absolute Gasteiger partial charge is 0.480 e. The minimum atomic E-state index is -3.17. The fourth-order valence-corrected chi connectivity index (χ4v) is 3.97. The van der Waals surface area contributed by atoms with E-state index < -0.39 is 42.5 Å². The standard InChI is InChI=1S/C21H17F3N2O4/c22-12-8-17(20(29)30)26(10-12)18(27)9-25-19(28)11-5-6-16-14(7-11)13-3-1-2-4-15(13)21(16,23)24/h1-7,12,17H,8-10H2,(H,25,28)(H,29,30)/t12-,17+/m1/s1. The van der Waals surface area contributed by atoms with Crippen molar-refractivity contribution in [2.24, 2.45) is 0 Å². The van der Waals surface area contributed by atoms with Gasteiger partial charge in [-0.3, -0.25) is 9.59 Å². The van der Waals surface area contributed by atoms with E-state index in [9.17, 15) is 27.6 Å². The summed E-state index contributed by atoms with van der Waals surface area (Å²) >= 11 is 0. The predicted molar refractivity (Wildman–Crippen MR) is 99.9 cm³/mol. The third-order valence-corrected chi connectivity index (χ3v) is 5.43. The van der Waals surface area contributed by atoms with E-state index in [-0.39, 0.29) is 35.2 Å². The zero-order chi connectivity index (χ0) is 21.6. The van der Waals surface area contributed by atoms with Crippen molar-refractivity contribution in [3.05, 3.63) is 59.2 Å². The van der Waals surface area contributed by atoms with Crippen molar-refractivity contribution in [3.8, 4) is 11.1 Å². The Balaban J connectivity index is 1.50. The van der Waals surface area contributed by atoms with Crippen LogP contribution in [0.15, 0.2) is 42.5 Å². The Bertz CT molecular complexity index is 1060. The number of carbonyl (C=O) groups excluding carboxylic acids is 2. The quantitative estimate of drug-likeness (QED) is 0.799. The van der Waals surface area contributed by atoms with E-state index in [4.69, 9.17) is 5.11 Å². The zero-order valence-electron chi connectivity index (χ0n) is 15.6. The van der Waals surface area contributed by atoms with Crippen LogP contribution in [0.3, 0.4) is 0 Å². The van der Waals surface area contributed by atoms with Crippen molar-refractivity contribution >= 4 is 17.8 Å². The lowest BCUT2D eigenvalue weighted by Crippen LogP contribution is -2.45. The highest BCUT2D eigenvalue weighted by molar-refractivity contribution is 5.99. The fourth-order valence-electron chi connectivity index (χ4n) is 3.97. The van der Waals surface area contributed by atoms with Crippen molar-refractivity contribution in [1.29, 1.82) is 0 Å². The summed E-state index contributed by atoms with van der Waals surface area (Å²) in [5.41, 5.74) is 0.307. The Labute approximate surface area is 169 Å². The maximum absolute atomic E-state index is 14.6. The number of carbonyl (C=O) groups is 3. The first-order chi connectivity index (χ1) is 14.2. The number of amides is 2. The summed E-state index contributed by atoms with van der Waals surface area (Å²) in [4.78, 5) is 36.8. The van der Waals surface area contributed by atoms with Crippen molar-refractivity contribution in [3.63, 3.8) is 0 Å². The molecule has 1 heterocycles. The molecule has 1 aliphatic carbocycles. The molecular weight excluding hydrogens is 401 g/mol. The first-order valence-electron chi connectivity index (χ1n) is 9.27. The van der Waals surface area contributed by atoms with Crippen LogP contribution in [-0.4, -0.2) is 53.1 Å². The molecular formula is C21H17F3N2O4. The summed E-state index contributed by atoms with van der Waals surface area (Å²) in [6.07, 6.45) is -1.74. The summed E-state index contributed by atoms with van der Waals surface area (Å²) in [5, 5.41) is 11.5. The van der Waals surface area contributed by atoms with E-state index in [1.807, 2.05) is 0 Å². The highest BCUT2D eigenvalue weighted by atomic mass is 19.3. The Morgan fingerprint density at radius 3 is 2.53 bits per heavy atom. The molecule has 1 saturated heterocycles. The van der Waals surface area contributed by atoms with Gasteiger partial charge in [0.25, 0.3) is 11.8 Å². The molecule has 2 aromatic carbocycles. The number of benzene rings is 2. The summed E-state index contributed by atoms with van der Waals surface area (Å²) in [6.45, 7) is -0.879. The predicted octanol–water partition coefficient (Wildman–Crippen LogP) is 2.56. The normalized spacial score (nSPS) is 21.1. The third-order valence-electron chi connectivity index (χ3n) is 5.43. The first-order valence-corrected chi connectivity index (χ1v) is 9.27. The van der Waals surface area contributed by atoms with Crippen LogP contribution in [0, 0.1) is 0 Å². The average Bonchev–Trinajstić information content (AvgIpc) is 3.22. The number of hydrogen-bond donors (Lipinski definition) is 2. The molecule has 30 heavy (non-hydrogen) atoms. The molecule has 2 aromatic rings. The van der Waals surface area contributed by atoms with Crippen LogP contribution in [0.1, 0.15) is 27.9 Å². The number of nitrogens with one attached hydrogen (secondary N) is 1. The zero-order valence-corrected chi connectivity index (χ0v) is 15.6. The number of hydrogen-bond acceptors (Lipinski definition) is 3. The van der Waals surface area contributed by atoms with Crippen molar-refractivity contribution in [2.75, 3.05) is 13.1 Å². The number of aliphatic carboxylic acids is 1. The van der Waals surface area contributed by atoms with E-state index in [0.717, 1.165) is 4.90 Å². The molecule has 0 unspecified atom stereocenters. The number of carboxylic acids is 1. The van der Waals surface area contributed by atoms with Crippen LogP contribution in [0.4, 0.5) is 13.2 Å². The molecule has 6 nitrogen and oxygen atoms in total. The van der Waals surface area contributed by atoms with Crippen molar-refractivity contribution in [2.45, 2.75) is 24.6 Å². The number of fused-ring (bicyclic) bond motifs is 3. The number of halogens is 3. The Morgan fingerprint density at radius 2 is 1.80 bits per heavy atom. The van der Waals surface area contributed by atoms with E-state index >= 15 is 0 Å². The third kappa shape index (κ3) is 3.20. The Kier molecular flexibility index (Phi) is 4.76. The second-order valence-corrected chi connectivity index (χ2v) is 7.30. The highest BCUT2D eigenvalue weighted by Crippen LogP contribution is 2.50. The Morgan fingerprint density at radius 1 is 1.10 bits per heavy atom. The van der Waals surface area contributed by atoms with Gasteiger partial charge >= 0.3 is 5.97 Å². The molecule has 156 valence electrons. The number of nitrogens with zero attached hydrogens (tertiary/aromatic N) is 1. The van der Waals surface area contributed by atoms with Crippen LogP contribution in [0.5, 0.6) is 0 Å². The van der Waals surface area contributed by atoms with Gasteiger partial charge in [-0.1, -0.05) is 30.3 Å². The molecule has 0 saturated carbocycles. The molecule has 0 bridgehead atoms. The minimum Gasteiger partial charge on any atom is -0.480 e. The molecule has 2 atom stereocenters. The van der Waals surface area contributed by atoms with Gasteiger partial charge in [0.05, 0.1) is 13.1 Å². The lowest BCUT2D eigenvalue weighted by atomic mass is 10.0. The van der Waals surface area contributed by atoms with Gasteiger partial charge in [-0.15, -0.1) is 0 Å². The maximum atomic E-state index is 14.6. The van der Waals surface area contributed by atoms with Gasteiger partial charge in [-0.2, -0.15) is 8.78 Å². The van der Waals surface area contributed by atoms with Crippen molar-refractivity contribution in [1.82, 2.24) is 10.2 Å². The van der Waals surface area contributed by atoms with E-state index in [2.05, 4.69) is 5.32 Å². The second-order valence-electron chi connectivity index (χ2n) is 7.30. The number of alkyl halides is 3. The molecule has 4 rings (SSSR count). The fraction of sp³-hybridized carbons (Fsp3) is 0.286. The van der Waals surface area contributed by atoms with Gasteiger partial charge in [-0.25, -0.2) is 9.18 Å². The van der Waals surface area contributed by atoms with Crippen LogP contribution >= 0.6 is 0 Å². The van der Waals surface area contributed by atoms with Crippen LogP contribution in [-0.2, 0) is 15.5 Å².